The van der Waals surface area contributed by atoms with Crippen LogP contribution in [0, 0.1) is 6.92 Å². The maximum Gasteiger partial charge on any atom is 0.267 e. The highest BCUT2D eigenvalue weighted by Crippen LogP contribution is 2.34. The molecule has 0 atom stereocenters. The van der Waals surface area contributed by atoms with E-state index < -0.39 is 0 Å². The number of carbonyl (C=O) groups excluding carboxylic acids is 1. The summed E-state index contributed by atoms with van der Waals surface area (Å²) in [6.45, 7) is 3.05. The minimum absolute atomic E-state index is 0.259. The van der Waals surface area contributed by atoms with Crippen molar-refractivity contribution in [1.82, 2.24) is 14.3 Å². The average Bonchev–Trinajstić information content (AvgIpc) is 3.05. The highest BCUT2D eigenvalue weighted by atomic mass is 35.5. The van der Waals surface area contributed by atoms with Gasteiger partial charge in [0.2, 0.25) is 0 Å². The number of thiocarbonyl (C=S) groups is 1. The van der Waals surface area contributed by atoms with Crippen LogP contribution in [-0.2, 0) is 16.1 Å². The number of pyridine rings is 1. The van der Waals surface area contributed by atoms with E-state index in [9.17, 15) is 9.59 Å². The summed E-state index contributed by atoms with van der Waals surface area (Å²) in [4.78, 5) is 33.0. The third-order valence-corrected chi connectivity index (χ3v) is 6.79. The standard InChI is InChI=1S/C23H21ClN4O3S2/c1-14-7-8-19-26-20(25-9-10-31-2)16(21(29)27(19)12-14)11-18-22(30)28(23(32)33-18)13-15-5-3-4-6-17(15)24/h3-8,11-12,25H,9-10,13H2,1-2H3/b18-11+. The minimum atomic E-state index is -0.278. The van der Waals surface area contributed by atoms with Crippen molar-refractivity contribution in [3.05, 3.63) is 79.6 Å². The molecule has 1 aliphatic rings. The Kier molecular flexibility index (Phi) is 7.14. The number of thioether (sulfide) groups is 1. The first-order valence-electron chi connectivity index (χ1n) is 10.1. The maximum atomic E-state index is 13.4. The normalized spacial score (nSPS) is 15.1. The van der Waals surface area contributed by atoms with Gasteiger partial charge in [-0.05, 0) is 36.3 Å². The molecule has 10 heteroatoms. The number of fused-ring (bicyclic) bond motifs is 1. The zero-order valence-corrected chi connectivity index (χ0v) is 20.4. The second-order valence-electron chi connectivity index (χ2n) is 7.39. The number of halogens is 1. The average molecular weight is 501 g/mol. The lowest BCUT2D eigenvalue weighted by Gasteiger charge is -2.15. The topological polar surface area (TPSA) is 75.9 Å². The first-order chi connectivity index (χ1) is 15.9. The van der Waals surface area contributed by atoms with Gasteiger partial charge in [0.25, 0.3) is 11.5 Å². The third kappa shape index (κ3) is 4.96. The molecule has 1 N–H and O–H groups in total. The van der Waals surface area contributed by atoms with Gasteiger partial charge in [-0.25, -0.2) is 4.98 Å². The van der Waals surface area contributed by atoms with Crippen molar-refractivity contribution in [3.8, 4) is 0 Å². The number of methoxy groups -OCH3 is 1. The highest BCUT2D eigenvalue weighted by molar-refractivity contribution is 8.26. The lowest BCUT2D eigenvalue weighted by molar-refractivity contribution is -0.122. The van der Waals surface area contributed by atoms with E-state index in [0.29, 0.717) is 38.9 Å². The lowest BCUT2D eigenvalue weighted by atomic mass is 10.2. The number of carbonyl (C=O) groups is 1. The zero-order valence-electron chi connectivity index (χ0n) is 18.0. The van der Waals surface area contributed by atoms with Gasteiger partial charge in [-0.2, -0.15) is 0 Å². The summed E-state index contributed by atoms with van der Waals surface area (Å²) in [6, 6.07) is 11.0. The van der Waals surface area contributed by atoms with Gasteiger partial charge in [0.1, 0.15) is 15.8 Å². The second kappa shape index (κ2) is 10.0. The van der Waals surface area contributed by atoms with E-state index in [4.69, 9.17) is 28.6 Å². The molecule has 7 nitrogen and oxygen atoms in total. The Morgan fingerprint density at radius 3 is 2.79 bits per heavy atom. The van der Waals surface area contributed by atoms with Crippen LogP contribution < -0.4 is 10.9 Å². The largest absolute Gasteiger partial charge is 0.383 e. The molecule has 170 valence electrons. The molecule has 1 aliphatic heterocycles. The molecule has 1 saturated heterocycles. The van der Waals surface area contributed by atoms with Crippen LogP contribution in [0.5, 0.6) is 0 Å². The SMILES string of the molecule is COCCNc1nc2ccc(C)cn2c(=O)c1/C=C1/SC(=S)N(Cc2ccccc2Cl)C1=O. The number of aromatic nitrogens is 2. The lowest BCUT2D eigenvalue weighted by Crippen LogP contribution is -2.27. The second-order valence-corrected chi connectivity index (χ2v) is 9.48. The molecule has 0 radical (unpaired) electrons. The molecule has 2 aromatic heterocycles. The molecule has 33 heavy (non-hydrogen) atoms. The fourth-order valence-corrected chi connectivity index (χ4v) is 4.79. The summed E-state index contributed by atoms with van der Waals surface area (Å²) < 4.78 is 6.99. The van der Waals surface area contributed by atoms with Crippen molar-refractivity contribution < 1.29 is 9.53 Å². The van der Waals surface area contributed by atoms with Gasteiger partial charge in [0.15, 0.2) is 0 Å². The Morgan fingerprint density at radius 2 is 2.03 bits per heavy atom. The summed E-state index contributed by atoms with van der Waals surface area (Å²) in [5, 5.41) is 3.70. The summed E-state index contributed by atoms with van der Waals surface area (Å²) in [6.07, 6.45) is 3.29. The molecule has 0 bridgehead atoms. The Hall–Kier alpha value is -2.72. The van der Waals surface area contributed by atoms with Gasteiger partial charge in [0, 0.05) is 24.9 Å². The van der Waals surface area contributed by atoms with Crippen LogP contribution in [0.4, 0.5) is 5.82 Å². The van der Waals surface area contributed by atoms with Crippen molar-refractivity contribution in [3.63, 3.8) is 0 Å². The zero-order chi connectivity index (χ0) is 23.5. The first-order valence-corrected chi connectivity index (χ1v) is 11.7. The van der Waals surface area contributed by atoms with Crippen molar-refractivity contribution >= 4 is 63.3 Å². The van der Waals surface area contributed by atoms with Crippen molar-refractivity contribution in [2.24, 2.45) is 0 Å². The maximum absolute atomic E-state index is 13.4. The highest BCUT2D eigenvalue weighted by Gasteiger charge is 2.33. The minimum Gasteiger partial charge on any atom is -0.383 e. The number of nitrogens with one attached hydrogen (secondary N) is 1. The van der Waals surface area contributed by atoms with Crippen LogP contribution in [0.1, 0.15) is 16.7 Å². The van der Waals surface area contributed by atoms with Crippen LogP contribution in [0.15, 0.2) is 52.3 Å². The molecular weight excluding hydrogens is 480 g/mol. The quantitative estimate of drug-likeness (QED) is 0.297. The number of anilines is 1. The van der Waals surface area contributed by atoms with E-state index in [2.05, 4.69) is 10.3 Å². The number of hydrogen-bond acceptors (Lipinski definition) is 7. The smallest absolute Gasteiger partial charge is 0.267 e. The molecule has 3 aromatic rings. The monoisotopic (exact) mass is 500 g/mol. The molecular formula is C23H21ClN4O3S2. The van der Waals surface area contributed by atoms with Gasteiger partial charge in [-0.3, -0.25) is 18.9 Å². The molecule has 1 amide bonds. The van der Waals surface area contributed by atoms with Crippen LogP contribution in [-0.4, -0.2) is 44.8 Å². The van der Waals surface area contributed by atoms with Gasteiger partial charge >= 0.3 is 0 Å². The number of rotatable bonds is 7. The van der Waals surface area contributed by atoms with Crippen molar-refractivity contribution in [1.29, 1.82) is 0 Å². The van der Waals surface area contributed by atoms with E-state index >= 15 is 0 Å². The van der Waals surface area contributed by atoms with E-state index in [1.54, 1.807) is 31.5 Å². The number of aryl methyl sites for hydroxylation is 1. The molecule has 4 rings (SSSR count). The molecule has 0 aliphatic carbocycles. The Labute approximate surface area is 205 Å². The molecule has 1 fully saturated rings. The van der Waals surface area contributed by atoms with Crippen molar-refractivity contribution in [2.45, 2.75) is 13.5 Å². The summed E-state index contributed by atoms with van der Waals surface area (Å²) in [5.41, 5.74) is 2.23. The number of nitrogens with zero attached hydrogens (tertiary/aromatic N) is 3. The van der Waals surface area contributed by atoms with Crippen molar-refractivity contribution in [2.75, 3.05) is 25.6 Å². The van der Waals surface area contributed by atoms with E-state index in [-0.39, 0.29) is 23.6 Å². The van der Waals surface area contributed by atoms with Crippen LogP contribution in [0.25, 0.3) is 11.7 Å². The van der Waals surface area contributed by atoms with Gasteiger partial charge in [-0.15, -0.1) is 0 Å². The van der Waals surface area contributed by atoms with E-state index in [1.807, 2.05) is 31.2 Å². The van der Waals surface area contributed by atoms with Crippen LogP contribution in [0.2, 0.25) is 5.02 Å². The van der Waals surface area contributed by atoms with Crippen LogP contribution >= 0.6 is 35.6 Å². The molecule has 0 unspecified atom stereocenters. The third-order valence-electron chi connectivity index (χ3n) is 5.04. The van der Waals surface area contributed by atoms with Gasteiger partial charge in [-0.1, -0.05) is 59.8 Å². The number of ether oxygens (including phenoxy) is 1. The van der Waals surface area contributed by atoms with Gasteiger partial charge in [0.05, 0.1) is 23.6 Å². The molecule has 0 saturated carbocycles. The predicted octanol–water partition coefficient (Wildman–Crippen LogP) is 4.12. The first kappa shape index (κ1) is 23.4. The Morgan fingerprint density at radius 1 is 1.24 bits per heavy atom. The fraction of sp³-hybridized carbons (Fsp3) is 0.217. The molecule has 3 heterocycles. The molecule has 0 spiro atoms. The van der Waals surface area contributed by atoms with E-state index in [1.165, 1.54) is 9.30 Å². The van der Waals surface area contributed by atoms with E-state index in [0.717, 1.165) is 22.9 Å². The molecule has 1 aromatic carbocycles. The number of hydrogen-bond donors (Lipinski definition) is 1. The Bertz CT molecular complexity index is 1340. The van der Waals surface area contributed by atoms with Crippen LogP contribution in [0.3, 0.4) is 0 Å². The number of benzene rings is 1. The Balaban J connectivity index is 1.74. The summed E-state index contributed by atoms with van der Waals surface area (Å²) in [5.74, 6) is 0.110. The van der Waals surface area contributed by atoms with Gasteiger partial charge < -0.3 is 10.1 Å². The number of amides is 1. The summed E-state index contributed by atoms with van der Waals surface area (Å²) >= 11 is 12.9. The fourth-order valence-electron chi connectivity index (χ4n) is 3.36. The predicted molar refractivity (Wildman–Crippen MR) is 137 cm³/mol. The summed E-state index contributed by atoms with van der Waals surface area (Å²) in [7, 11) is 1.60.